The standard InChI is InChI=1S/C14H20N2O3S/c1-9-3-4-10(2)13(12(9)15)20(18,19)16-7-14(17,8-16)11-5-6-11/h3-4,11,17H,5-8,15H2,1-2H3. The van der Waals surface area contributed by atoms with Gasteiger partial charge in [0.05, 0.1) is 11.3 Å². The van der Waals surface area contributed by atoms with Crippen molar-refractivity contribution in [1.29, 1.82) is 0 Å². The molecule has 110 valence electrons. The Morgan fingerprint density at radius 3 is 2.35 bits per heavy atom. The monoisotopic (exact) mass is 296 g/mol. The molecule has 0 amide bonds. The summed E-state index contributed by atoms with van der Waals surface area (Å²) in [5.41, 5.74) is 6.85. The van der Waals surface area contributed by atoms with E-state index in [4.69, 9.17) is 5.73 Å². The summed E-state index contributed by atoms with van der Waals surface area (Å²) in [7, 11) is -3.61. The molecular weight excluding hydrogens is 276 g/mol. The first-order valence-corrected chi connectivity index (χ1v) is 8.28. The zero-order valence-corrected chi connectivity index (χ0v) is 12.6. The van der Waals surface area contributed by atoms with Crippen LogP contribution in [0, 0.1) is 19.8 Å². The molecule has 1 aliphatic carbocycles. The van der Waals surface area contributed by atoms with Gasteiger partial charge in [-0.1, -0.05) is 12.1 Å². The Labute approximate surface area is 119 Å². The maximum absolute atomic E-state index is 12.7. The second-order valence-electron chi connectivity index (χ2n) is 6.09. The van der Waals surface area contributed by atoms with Gasteiger partial charge in [0.2, 0.25) is 10.0 Å². The van der Waals surface area contributed by atoms with E-state index in [0.29, 0.717) is 11.3 Å². The zero-order chi connectivity index (χ0) is 14.7. The molecule has 0 unspecified atom stereocenters. The number of nitrogens with two attached hydrogens (primary N) is 1. The van der Waals surface area contributed by atoms with Crippen LogP contribution in [0.1, 0.15) is 24.0 Å². The second-order valence-corrected chi connectivity index (χ2v) is 7.97. The van der Waals surface area contributed by atoms with Gasteiger partial charge in [-0.25, -0.2) is 8.42 Å². The fourth-order valence-electron chi connectivity index (χ4n) is 2.89. The van der Waals surface area contributed by atoms with Crippen LogP contribution in [0.2, 0.25) is 0 Å². The molecule has 2 aliphatic rings. The van der Waals surface area contributed by atoms with Gasteiger partial charge in [-0.2, -0.15) is 4.31 Å². The highest BCUT2D eigenvalue weighted by Gasteiger charge is 2.55. The summed E-state index contributed by atoms with van der Waals surface area (Å²) in [4.78, 5) is 0.190. The molecule has 0 bridgehead atoms. The molecule has 3 N–H and O–H groups in total. The average Bonchev–Trinajstić information content (AvgIpc) is 3.14. The number of sulfonamides is 1. The molecule has 20 heavy (non-hydrogen) atoms. The van der Waals surface area contributed by atoms with Crippen molar-refractivity contribution in [2.75, 3.05) is 18.8 Å². The highest BCUT2D eigenvalue weighted by atomic mass is 32.2. The molecule has 6 heteroatoms. The molecule has 1 aromatic carbocycles. The third-order valence-electron chi connectivity index (χ3n) is 4.45. The Bertz CT molecular complexity index is 659. The number of benzene rings is 1. The van der Waals surface area contributed by atoms with Crippen molar-refractivity contribution in [1.82, 2.24) is 4.31 Å². The van der Waals surface area contributed by atoms with Crippen molar-refractivity contribution in [2.45, 2.75) is 37.2 Å². The first-order chi connectivity index (χ1) is 9.25. The molecule has 0 spiro atoms. The van der Waals surface area contributed by atoms with Gasteiger partial charge in [0, 0.05) is 13.1 Å². The van der Waals surface area contributed by atoms with Crippen LogP contribution >= 0.6 is 0 Å². The van der Waals surface area contributed by atoms with Gasteiger partial charge in [-0.15, -0.1) is 0 Å². The molecule has 0 atom stereocenters. The van der Waals surface area contributed by atoms with Gasteiger partial charge in [-0.05, 0) is 43.7 Å². The molecule has 0 radical (unpaired) electrons. The van der Waals surface area contributed by atoms with Crippen molar-refractivity contribution in [3.05, 3.63) is 23.3 Å². The lowest BCUT2D eigenvalue weighted by Crippen LogP contribution is -2.64. The van der Waals surface area contributed by atoms with Crippen LogP contribution in [0.25, 0.3) is 0 Å². The molecule has 1 saturated carbocycles. The van der Waals surface area contributed by atoms with Gasteiger partial charge >= 0.3 is 0 Å². The van der Waals surface area contributed by atoms with E-state index in [1.165, 1.54) is 4.31 Å². The summed E-state index contributed by atoms with van der Waals surface area (Å²) in [5.74, 6) is 0.268. The number of β-amino-alcohol motifs (C(OH)–C–C–N with tert-alkyl or cyclic N) is 1. The van der Waals surface area contributed by atoms with E-state index in [1.807, 2.05) is 6.07 Å². The van der Waals surface area contributed by atoms with Gasteiger partial charge in [-0.3, -0.25) is 0 Å². The van der Waals surface area contributed by atoms with E-state index < -0.39 is 15.6 Å². The topological polar surface area (TPSA) is 83.6 Å². The summed E-state index contributed by atoms with van der Waals surface area (Å²) in [6.45, 7) is 3.92. The number of nitrogen functional groups attached to an aromatic ring is 1. The minimum absolute atomic E-state index is 0.187. The van der Waals surface area contributed by atoms with Crippen molar-refractivity contribution in [2.24, 2.45) is 5.92 Å². The zero-order valence-electron chi connectivity index (χ0n) is 11.8. The molecule has 1 aromatic rings. The Morgan fingerprint density at radius 2 is 1.80 bits per heavy atom. The van der Waals surface area contributed by atoms with Gasteiger partial charge < -0.3 is 10.8 Å². The molecular formula is C14H20N2O3S. The number of hydrogen-bond acceptors (Lipinski definition) is 4. The summed E-state index contributed by atoms with van der Waals surface area (Å²) in [6.07, 6.45) is 1.99. The number of aliphatic hydroxyl groups is 1. The number of hydrogen-bond donors (Lipinski definition) is 2. The van der Waals surface area contributed by atoms with Gasteiger partial charge in [0.25, 0.3) is 0 Å². The Kier molecular flexibility index (Phi) is 2.90. The molecule has 1 aliphatic heterocycles. The van der Waals surface area contributed by atoms with Crippen molar-refractivity contribution in [3.63, 3.8) is 0 Å². The summed E-state index contributed by atoms with van der Waals surface area (Å²) < 4.78 is 26.7. The number of nitrogens with zero attached hydrogens (tertiary/aromatic N) is 1. The highest BCUT2D eigenvalue weighted by molar-refractivity contribution is 7.89. The average molecular weight is 296 g/mol. The maximum Gasteiger partial charge on any atom is 0.245 e. The second kappa shape index (κ2) is 4.19. The Morgan fingerprint density at radius 1 is 1.25 bits per heavy atom. The van der Waals surface area contributed by atoms with Crippen molar-refractivity contribution >= 4 is 15.7 Å². The fourth-order valence-corrected chi connectivity index (χ4v) is 4.85. The first kappa shape index (κ1) is 13.9. The molecule has 1 saturated heterocycles. The lowest BCUT2D eigenvalue weighted by atomic mass is 9.91. The predicted octanol–water partition coefficient (Wildman–Crippen LogP) is 1.03. The SMILES string of the molecule is Cc1ccc(C)c(S(=O)(=O)N2CC(O)(C3CC3)C2)c1N. The minimum atomic E-state index is -3.61. The van der Waals surface area contributed by atoms with Crippen LogP contribution in [0.15, 0.2) is 17.0 Å². The molecule has 5 nitrogen and oxygen atoms in total. The Balaban J connectivity index is 1.92. The smallest absolute Gasteiger partial charge is 0.245 e. The number of aryl methyl sites for hydroxylation is 2. The number of rotatable bonds is 3. The summed E-state index contributed by atoms with van der Waals surface area (Å²) >= 11 is 0. The molecule has 3 rings (SSSR count). The van der Waals surface area contributed by atoms with Crippen molar-refractivity contribution in [3.8, 4) is 0 Å². The van der Waals surface area contributed by atoms with E-state index in [1.54, 1.807) is 19.9 Å². The normalized spacial score (nSPS) is 22.6. The quantitative estimate of drug-likeness (QED) is 0.816. The molecule has 2 fully saturated rings. The van der Waals surface area contributed by atoms with E-state index >= 15 is 0 Å². The van der Waals surface area contributed by atoms with Gasteiger partial charge in [0.15, 0.2) is 0 Å². The third kappa shape index (κ3) is 1.94. The van der Waals surface area contributed by atoms with Gasteiger partial charge in [0.1, 0.15) is 4.90 Å². The van der Waals surface area contributed by atoms with Crippen LogP contribution in [-0.2, 0) is 10.0 Å². The fraction of sp³-hybridized carbons (Fsp3) is 0.571. The van der Waals surface area contributed by atoms with E-state index in [9.17, 15) is 13.5 Å². The van der Waals surface area contributed by atoms with Crippen LogP contribution in [-0.4, -0.2) is 36.5 Å². The summed E-state index contributed by atoms with van der Waals surface area (Å²) in [6, 6.07) is 3.59. The molecule has 0 aromatic heterocycles. The summed E-state index contributed by atoms with van der Waals surface area (Å²) in [5, 5.41) is 10.3. The van der Waals surface area contributed by atoms with Crippen LogP contribution in [0.4, 0.5) is 5.69 Å². The highest BCUT2D eigenvalue weighted by Crippen LogP contribution is 2.46. The maximum atomic E-state index is 12.7. The van der Waals surface area contributed by atoms with Crippen LogP contribution in [0.5, 0.6) is 0 Å². The van der Waals surface area contributed by atoms with E-state index in [-0.39, 0.29) is 23.9 Å². The lowest BCUT2D eigenvalue weighted by Gasteiger charge is -2.46. The molecule has 1 heterocycles. The third-order valence-corrected chi connectivity index (χ3v) is 6.44. The lowest BCUT2D eigenvalue weighted by molar-refractivity contribution is -0.0764. The largest absolute Gasteiger partial charge is 0.397 e. The number of anilines is 1. The van der Waals surface area contributed by atoms with Crippen molar-refractivity contribution < 1.29 is 13.5 Å². The van der Waals surface area contributed by atoms with E-state index in [0.717, 1.165) is 18.4 Å². The van der Waals surface area contributed by atoms with Crippen LogP contribution in [0.3, 0.4) is 0 Å². The minimum Gasteiger partial charge on any atom is -0.397 e. The Hall–Kier alpha value is -1.11. The first-order valence-electron chi connectivity index (χ1n) is 6.84. The van der Waals surface area contributed by atoms with Crippen LogP contribution < -0.4 is 5.73 Å². The van der Waals surface area contributed by atoms with E-state index in [2.05, 4.69) is 0 Å². The predicted molar refractivity (Wildman–Crippen MR) is 76.8 cm³/mol.